The van der Waals surface area contributed by atoms with Crippen molar-refractivity contribution in [1.82, 2.24) is 9.61 Å². The first-order valence-electron chi connectivity index (χ1n) is 7.83. The number of benzene rings is 1. The van der Waals surface area contributed by atoms with Crippen LogP contribution in [0.3, 0.4) is 0 Å². The lowest BCUT2D eigenvalue weighted by Crippen LogP contribution is -2.44. The molecule has 0 atom stereocenters. The van der Waals surface area contributed by atoms with Gasteiger partial charge in [-0.15, -0.1) is 0 Å². The molecule has 3 heterocycles. The van der Waals surface area contributed by atoms with Crippen molar-refractivity contribution in [1.29, 1.82) is 0 Å². The zero-order valence-corrected chi connectivity index (χ0v) is 13.7. The molecule has 0 unspecified atom stereocenters. The lowest BCUT2D eigenvalue weighted by Gasteiger charge is -2.37. The third kappa shape index (κ3) is 1.94. The number of hydrogen-bond donors (Lipinski definition) is 0. The van der Waals surface area contributed by atoms with Crippen molar-refractivity contribution in [3.05, 3.63) is 71.0 Å². The molecule has 2 aromatic heterocycles. The number of aliphatic imine (C=N–C) groups is 1. The number of hydrogen-bond acceptors (Lipinski definition) is 2. The molecule has 24 heavy (non-hydrogen) atoms. The Hall–Kier alpha value is -2.56. The Morgan fingerprint density at radius 2 is 1.75 bits per heavy atom. The summed E-state index contributed by atoms with van der Waals surface area (Å²) in [6.07, 6.45) is 3.61. The molecule has 0 saturated carbocycles. The Balaban J connectivity index is 2.02. The molecule has 0 aliphatic carbocycles. The van der Waals surface area contributed by atoms with Crippen molar-refractivity contribution in [2.24, 2.45) is 4.99 Å². The van der Waals surface area contributed by atoms with Gasteiger partial charge in [0.15, 0.2) is 0 Å². The zero-order chi connectivity index (χ0) is 17.1. The fraction of sp³-hybridized carbons (Fsp3) is 0.263. The van der Waals surface area contributed by atoms with Crippen molar-refractivity contribution in [3.63, 3.8) is 0 Å². The van der Waals surface area contributed by atoms with E-state index in [2.05, 4.69) is 10.1 Å². The van der Waals surface area contributed by atoms with Gasteiger partial charge in [0.05, 0.1) is 17.4 Å². The highest BCUT2D eigenvalue weighted by Gasteiger charge is 2.52. The van der Waals surface area contributed by atoms with E-state index >= 15 is 0 Å². The van der Waals surface area contributed by atoms with E-state index in [0.717, 1.165) is 16.6 Å². The number of alkyl halides is 2. The molecule has 0 fully saturated rings. The molecule has 3 aromatic rings. The van der Waals surface area contributed by atoms with Crippen LogP contribution in [-0.2, 0) is 5.92 Å². The molecule has 5 heteroatoms. The summed E-state index contributed by atoms with van der Waals surface area (Å²) in [6.45, 7) is 4.93. The van der Waals surface area contributed by atoms with Gasteiger partial charge in [-0.25, -0.2) is 4.52 Å². The first-order chi connectivity index (χ1) is 11.3. The molecule has 0 amide bonds. The summed E-state index contributed by atoms with van der Waals surface area (Å²) in [5.41, 5.74) is 2.25. The van der Waals surface area contributed by atoms with E-state index < -0.39 is 11.5 Å². The van der Waals surface area contributed by atoms with Gasteiger partial charge in [-0.2, -0.15) is 13.9 Å². The van der Waals surface area contributed by atoms with Crippen molar-refractivity contribution in [2.75, 3.05) is 0 Å². The van der Waals surface area contributed by atoms with E-state index in [1.807, 2.05) is 25.3 Å². The van der Waals surface area contributed by atoms with E-state index in [1.165, 1.54) is 19.9 Å². The van der Waals surface area contributed by atoms with E-state index in [4.69, 9.17) is 0 Å². The molecule has 0 saturated heterocycles. The lowest BCUT2D eigenvalue weighted by molar-refractivity contribution is -0.0681. The first-order valence-corrected chi connectivity index (χ1v) is 7.83. The molecule has 1 aromatic carbocycles. The summed E-state index contributed by atoms with van der Waals surface area (Å²) < 4.78 is 31.4. The van der Waals surface area contributed by atoms with Crippen molar-refractivity contribution < 1.29 is 8.78 Å². The topological polar surface area (TPSA) is 29.7 Å². The van der Waals surface area contributed by atoms with Crippen LogP contribution in [0, 0.1) is 6.92 Å². The molecule has 0 radical (unpaired) electrons. The average molecular weight is 325 g/mol. The summed E-state index contributed by atoms with van der Waals surface area (Å²) in [5, 5.41) is 4.36. The third-order valence-electron chi connectivity index (χ3n) is 4.60. The summed E-state index contributed by atoms with van der Waals surface area (Å²) in [7, 11) is 0. The molecule has 0 N–H and O–H groups in total. The second-order valence-electron chi connectivity index (χ2n) is 6.73. The zero-order valence-electron chi connectivity index (χ0n) is 13.7. The molecule has 0 spiro atoms. The summed E-state index contributed by atoms with van der Waals surface area (Å²) in [6, 6.07) is 10.5. The minimum absolute atomic E-state index is 0.0199. The Bertz CT molecular complexity index is 983. The normalized spacial score (nSPS) is 18.3. The number of nitrogens with zero attached hydrogens (tertiary/aromatic N) is 3. The van der Waals surface area contributed by atoms with Crippen LogP contribution in [0.2, 0.25) is 0 Å². The van der Waals surface area contributed by atoms with Gasteiger partial charge in [0.1, 0.15) is 5.54 Å². The van der Waals surface area contributed by atoms with Gasteiger partial charge < -0.3 is 0 Å². The minimum atomic E-state index is -3.02. The Kier molecular flexibility index (Phi) is 2.95. The van der Waals surface area contributed by atoms with Crippen molar-refractivity contribution in [3.8, 4) is 0 Å². The Labute approximate surface area is 138 Å². The van der Waals surface area contributed by atoms with Gasteiger partial charge in [-0.05, 0) is 32.4 Å². The number of pyridine rings is 1. The van der Waals surface area contributed by atoms with Crippen LogP contribution in [-0.4, -0.2) is 20.9 Å². The predicted octanol–water partition coefficient (Wildman–Crippen LogP) is 4.36. The van der Waals surface area contributed by atoms with Crippen LogP contribution < -0.4 is 0 Å². The van der Waals surface area contributed by atoms with Gasteiger partial charge >= 0.3 is 0 Å². The van der Waals surface area contributed by atoms with Gasteiger partial charge in [0, 0.05) is 22.9 Å². The summed E-state index contributed by atoms with van der Waals surface area (Å²) in [4.78, 5) is 4.44. The second-order valence-corrected chi connectivity index (χ2v) is 6.73. The number of halogens is 2. The molecule has 1 aliphatic heterocycles. The van der Waals surface area contributed by atoms with Crippen LogP contribution >= 0.6 is 0 Å². The maximum Gasteiger partial charge on any atom is 0.297 e. The molecule has 3 nitrogen and oxygen atoms in total. The fourth-order valence-electron chi connectivity index (χ4n) is 3.18. The van der Waals surface area contributed by atoms with Crippen molar-refractivity contribution >= 4 is 11.2 Å². The largest absolute Gasteiger partial charge is 0.297 e. The third-order valence-corrected chi connectivity index (χ3v) is 4.60. The molecule has 0 bridgehead atoms. The van der Waals surface area contributed by atoms with E-state index in [0.29, 0.717) is 11.3 Å². The smallest absolute Gasteiger partial charge is 0.271 e. The van der Waals surface area contributed by atoms with Crippen molar-refractivity contribution in [2.45, 2.75) is 32.2 Å². The van der Waals surface area contributed by atoms with E-state index in [1.54, 1.807) is 28.9 Å². The number of rotatable bonds is 1. The fourth-order valence-corrected chi connectivity index (χ4v) is 3.18. The Morgan fingerprint density at radius 3 is 2.54 bits per heavy atom. The Morgan fingerprint density at radius 1 is 1.00 bits per heavy atom. The van der Waals surface area contributed by atoms with Crippen LogP contribution in [0.15, 0.2) is 53.8 Å². The highest BCUT2D eigenvalue weighted by atomic mass is 19.3. The van der Waals surface area contributed by atoms with Gasteiger partial charge in [-0.3, -0.25) is 4.99 Å². The molecule has 1 aliphatic rings. The maximum atomic E-state index is 14.8. The predicted molar refractivity (Wildman–Crippen MR) is 90.0 cm³/mol. The molecular weight excluding hydrogens is 308 g/mol. The standard InChI is InChI=1S/C19H17F2N3/c1-12-8-9-16-14(10-22-24(16)11-12)17-13-6-4-5-7-15(13)19(20,21)18(2,3)23-17/h4-11H,1-3H3. The molecule has 122 valence electrons. The molecular formula is C19H17F2N3. The summed E-state index contributed by atoms with van der Waals surface area (Å²) in [5.74, 6) is -3.02. The maximum absolute atomic E-state index is 14.8. The SMILES string of the molecule is Cc1ccc2c(C3=NC(C)(C)C(F)(F)c4ccccc43)cnn2c1. The van der Waals surface area contributed by atoms with Gasteiger partial charge in [0.2, 0.25) is 0 Å². The minimum Gasteiger partial charge on any atom is -0.271 e. The molecule has 4 rings (SSSR count). The second kappa shape index (κ2) is 4.72. The number of aromatic nitrogens is 2. The van der Waals surface area contributed by atoms with Gasteiger partial charge in [0.25, 0.3) is 5.92 Å². The van der Waals surface area contributed by atoms with Gasteiger partial charge in [-0.1, -0.05) is 30.3 Å². The van der Waals surface area contributed by atoms with Crippen LogP contribution in [0.5, 0.6) is 0 Å². The quantitative estimate of drug-likeness (QED) is 0.653. The number of aryl methyl sites for hydroxylation is 1. The van der Waals surface area contributed by atoms with E-state index in [-0.39, 0.29) is 5.56 Å². The van der Waals surface area contributed by atoms with E-state index in [9.17, 15) is 8.78 Å². The van der Waals surface area contributed by atoms with Crippen LogP contribution in [0.25, 0.3) is 5.52 Å². The average Bonchev–Trinajstić information content (AvgIpc) is 2.94. The monoisotopic (exact) mass is 325 g/mol. The van der Waals surface area contributed by atoms with Crippen LogP contribution in [0.1, 0.15) is 36.1 Å². The lowest BCUT2D eigenvalue weighted by atomic mass is 9.82. The highest BCUT2D eigenvalue weighted by Crippen LogP contribution is 2.46. The number of fused-ring (bicyclic) bond motifs is 2. The van der Waals surface area contributed by atoms with Crippen LogP contribution in [0.4, 0.5) is 8.78 Å². The summed E-state index contributed by atoms with van der Waals surface area (Å²) >= 11 is 0. The highest BCUT2D eigenvalue weighted by molar-refractivity contribution is 6.18. The first kappa shape index (κ1) is 15.0.